The lowest BCUT2D eigenvalue weighted by Gasteiger charge is -2.02. The Hall–Kier alpha value is -1.84. The first kappa shape index (κ1) is 12.2. The minimum absolute atomic E-state index is 0.153. The van der Waals surface area contributed by atoms with E-state index in [0.717, 1.165) is 10.9 Å². The molecule has 2 N–H and O–H groups in total. The van der Waals surface area contributed by atoms with Gasteiger partial charge in [-0.3, -0.25) is 0 Å². The lowest BCUT2D eigenvalue weighted by atomic mass is 10.1. The van der Waals surface area contributed by atoms with E-state index in [2.05, 4.69) is 0 Å². The molecule has 0 aliphatic carbocycles. The molecule has 0 aliphatic heterocycles. The highest BCUT2D eigenvalue weighted by molar-refractivity contribution is 6.34. The first-order valence-electron chi connectivity index (χ1n) is 5.86. The van der Waals surface area contributed by atoms with Gasteiger partial charge in [0.15, 0.2) is 5.58 Å². The van der Waals surface area contributed by atoms with Crippen LogP contribution in [0, 0.1) is 5.82 Å². The molecule has 0 fully saturated rings. The summed E-state index contributed by atoms with van der Waals surface area (Å²) in [6.07, 6.45) is 0. The van der Waals surface area contributed by atoms with Crippen LogP contribution < -0.4 is 5.73 Å². The summed E-state index contributed by atoms with van der Waals surface area (Å²) in [5.41, 5.74) is 7.39. The largest absolute Gasteiger partial charge is 0.455 e. The van der Waals surface area contributed by atoms with Crippen LogP contribution in [0.1, 0.15) is 5.56 Å². The molecule has 1 aromatic heterocycles. The third kappa shape index (κ3) is 2.11. The number of para-hydroxylation sites is 1. The highest BCUT2D eigenvalue weighted by Gasteiger charge is 2.10. The molecule has 0 radical (unpaired) electrons. The number of nitrogens with two attached hydrogens (primary N) is 1. The number of halogens is 2. The summed E-state index contributed by atoms with van der Waals surface area (Å²) in [6, 6.07) is 12.2. The summed E-state index contributed by atoms with van der Waals surface area (Å²) in [5.74, 6) is 0.346. The first-order chi connectivity index (χ1) is 9.19. The maximum atomic E-state index is 13.4. The number of fused-ring (bicyclic) bond motifs is 1. The molecular weight excluding hydrogens is 265 g/mol. The molecule has 0 saturated carbocycles. The van der Waals surface area contributed by atoms with E-state index >= 15 is 0 Å². The third-order valence-electron chi connectivity index (χ3n) is 3.05. The van der Waals surface area contributed by atoms with E-state index in [1.807, 2.05) is 18.2 Å². The Balaban J connectivity index is 2.16. The SMILES string of the molecule is NCc1cc(-c2cc3cccc(Cl)c3o2)ccc1F. The van der Waals surface area contributed by atoms with Crippen molar-refractivity contribution in [2.24, 2.45) is 5.73 Å². The van der Waals surface area contributed by atoms with Crippen LogP contribution in [-0.4, -0.2) is 0 Å². The van der Waals surface area contributed by atoms with Crippen molar-refractivity contribution >= 4 is 22.6 Å². The Bertz CT molecular complexity index is 751. The van der Waals surface area contributed by atoms with Crippen molar-refractivity contribution in [2.75, 3.05) is 0 Å². The maximum Gasteiger partial charge on any atom is 0.153 e. The van der Waals surface area contributed by atoms with Crippen molar-refractivity contribution in [3.8, 4) is 11.3 Å². The Labute approximate surface area is 114 Å². The first-order valence-corrected chi connectivity index (χ1v) is 6.24. The average molecular weight is 276 g/mol. The molecule has 0 saturated heterocycles. The summed E-state index contributed by atoms with van der Waals surface area (Å²) in [7, 11) is 0. The number of hydrogen-bond donors (Lipinski definition) is 1. The normalized spacial score (nSPS) is 11.1. The molecule has 96 valence electrons. The van der Waals surface area contributed by atoms with E-state index in [1.54, 1.807) is 18.2 Å². The molecule has 0 spiro atoms. The highest BCUT2D eigenvalue weighted by atomic mass is 35.5. The minimum atomic E-state index is -0.305. The van der Waals surface area contributed by atoms with Crippen molar-refractivity contribution < 1.29 is 8.81 Å². The fourth-order valence-corrected chi connectivity index (χ4v) is 2.27. The average Bonchev–Trinajstić information content (AvgIpc) is 2.85. The summed E-state index contributed by atoms with van der Waals surface area (Å²) in [6.45, 7) is 0.153. The van der Waals surface area contributed by atoms with Crippen LogP contribution in [0.5, 0.6) is 0 Å². The number of furan rings is 1. The van der Waals surface area contributed by atoms with E-state index in [-0.39, 0.29) is 12.4 Å². The van der Waals surface area contributed by atoms with Crippen LogP contribution in [0.15, 0.2) is 46.9 Å². The van der Waals surface area contributed by atoms with Gasteiger partial charge in [0, 0.05) is 23.1 Å². The number of hydrogen-bond acceptors (Lipinski definition) is 2. The molecule has 0 amide bonds. The quantitative estimate of drug-likeness (QED) is 0.755. The maximum absolute atomic E-state index is 13.4. The van der Waals surface area contributed by atoms with Gasteiger partial charge in [-0.1, -0.05) is 23.7 Å². The second-order valence-corrected chi connectivity index (χ2v) is 4.69. The smallest absolute Gasteiger partial charge is 0.153 e. The van der Waals surface area contributed by atoms with Gasteiger partial charge in [-0.2, -0.15) is 0 Å². The van der Waals surface area contributed by atoms with Crippen molar-refractivity contribution in [2.45, 2.75) is 6.54 Å². The van der Waals surface area contributed by atoms with E-state index in [4.69, 9.17) is 21.8 Å². The Morgan fingerprint density at radius 2 is 2.00 bits per heavy atom. The molecule has 2 aromatic carbocycles. The Morgan fingerprint density at radius 3 is 2.74 bits per heavy atom. The molecular formula is C15H11ClFNO. The fourth-order valence-electron chi connectivity index (χ4n) is 2.05. The summed E-state index contributed by atoms with van der Waals surface area (Å²) < 4.78 is 19.2. The van der Waals surface area contributed by atoms with Gasteiger partial charge in [-0.25, -0.2) is 4.39 Å². The summed E-state index contributed by atoms with van der Waals surface area (Å²) in [4.78, 5) is 0. The molecule has 0 aliphatic rings. The number of benzene rings is 2. The van der Waals surface area contributed by atoms with Crippen LogP contribution in [0.4, 0.5) is 4.39 Å². The Kier molecular flexibility index (Phi) is 3.01. The van der Waals surface area contributed by atoms with Gasteiger partial charge in [0.05, 0.1) is 5.02 Å². The van der Waals surface area contributed by atoms with Crippen LogP contribution in [0.3, 0.4) is 0 Å². The lowest BCUT2D eigenvalue weighted by molar-refractivity contribution is 0.608. The van der Waals surface area contributed by atoms with Crippen molar-refractivity contribution in [3.63, 3.8) is 0 Å². The lowest BCUT2D eigenvalue weighted by Crippen LogP contribution is -1.99. The molecule has 4 heteroatoms. The van der Waals surface area contributed by atoms with Crippen LogP contribution in [0.2, 0.25) is 5.02 Å². The predicted molar refractivity (Wildman–Crippen MR) is 74.5 cm³/mol. The second-order valence-electron chi connectivity index (χ2n) is 4.28. The van der Waals surface area contributed by atoms with Gasteiger partial charge in [0.2, 0.25) is 0 Å². The van der Waals surface area contributed by atoms with Gasteiger partial charge in [-0.15, -0.1) is 0 Å². The van der Waals surface area contributed by atoms with E-state index in [9.17, 15) is 4.39 Å². The van der Waals surface area contributed by atoms with Crippen LogP contribution in [-0.2, 0) is 6.54 Å². The molecule has 19 heavy (non-hydrogen) atoms. The van der Waals surface area contributed by atoms with Crippen molar-refractivity contribution in [3.05, 3.63) is 58.9 Å². The standard InChI is InChI=1S/C15H11ClFNO/c16-12-3-1-2-10-7-14(19-15(10)12)9-4-5-13(17)11(6-9)8-18/h1-7H,8,18H2. The fraction of sp³-hybridized carbons (Fsp3) is 0.0667. The molecule has 0 bridgehead atoms. The summed E-state index contributed by atoms with van der Waals surface area (Å²) in [5, 5.41) is 1.48. The molecule has 1 heterocycles. The monoisotopic (exact) mass is 275 g/mol. The van der Waals surface area contributed by atoms with Crippen LogP contribution >= 0.6 is 11.6 Å². The third-order valence-corrected chi connectivity index (χ3v) is 3.34. The van der Waals surface area contributed by atoms with E-state index in [0.29, 0.717) is 21.9 Å². The number of rotatable bonds is 2. The topological polar surface area (TPSA) is 39.2 Å². The highest BCUT2D eigenvalue weighted by Crippen LogP contribution is 2.32. The van der Waals surface area contributed by atoms with Crippen molar-refractivity contribution in [1.82, 2.24) is 0 Å². The Morgan fingerprint density at radius 1 is 1.16 bits per heavy atom. The van der Waals surface area contributed by atoms with E-state index < -0.39 is 0 Å². The zero-order valence-electron chi connectivity index (χ0n) is 9.99. The predicted octanol–water partition coefficient (Wildman–Crippen LogP) is 4.35. The molecule has 3 aromatic rings. The van der Waals surface area contributed by atoms with Crippen LogP contribution in [0.25, 0.3) is 22.3 Å². The molecule has 0 atom stereocenters. The van der Waals surface area contributed by atoms with Gasteiger partial charge in [-0.05, 0) is 30.3 Å². The van der Waals surface area contributed by atoms with Gasteiger partial charge in [0.1, 0.15) is 11.6 Å². The minimum Gasteiger partial charge on any atom is -0.455 e. The molecule has 3 rings (SSSR count). The zero-order valence-corrected chi connectivity index (χ0v) is 10.7. The van der Waals surface area contributed by atoms with Gasteiger partial charge in [0.25, 0.3) is 0 Å². The van der Waals surface area contributed by atoms with E-state index in [1.165, 1.54) is 6.07 Å². The van der Waals surface area contributed by atoms with Gasteiger partial charge < -0.3 is 10.2 Å². The second kappa shape index (κ2) is 4.68. The summed E-state index contributed by atoms with van der Waals surface area (Å²) >= 11 is 6.07. The molecule has 0 unspecified atom stereocenters. The zero-order chi connectivity index (χ0) is 13.4. The van der Waals surface area contributed by atoms with Crippen molar-refractivity contribution in [1.29, 1.82) is 0 Å². The molecule has 2 nitrogen and oxygen atoms in total. The van der Waals surface area contributed by atoms with Gasteiger partial charge >= 0.3 is 0 Å².